The van der Waals surface area contributed by atoms with Crippen molar-refractivity contribution in [3.63, 3.8) is 0 Å². The van der Waals surface area contributed by atoms with Crippen molar-refractivity contribution in [3.05, 3.63) is 23.3 Å². The van der Waals surface area contributed by atoms with Crippen LogP contribution in [0.5, 0.6) is 11.5 Å². The minimum Gasteiger partial charge on any atom is -0.496 e. The predicted molar refractivity (Wildman–Crippen MR) is 98.4 cm³/mol. The summed E-state index contributed by atoms with van der Waals surface area (Å²) in [6, 6.07) is 2.70. The monoisotopic (exact) mass is 377 g/mol. The number of benzene rings is 1. The molecule has 0 saturated carbocycles. The molecule has 0 unspecified atom stereocenters. The summed E-state index contributed by atoms with van der Waals surface area (Å²) in [7, 11) is 3.13. The van der Waals surface area contributed by atoms with Gasteiger partial charge >= 0.3 is 6.03 Å². The zero-order valence-electron chi connectivity index (χ0n) is 16.2. The molecule has 0 bridgehead atoms. The van der Waals surface area contributed by atoms with E-state index in [0.717, 1.165) is 5.56 Å². The summed E-state index contributed by atoms with van der Waals surface area (Å²) in [5, 5.41) is 13.4. The van der Waals surface area contributed by atoms with Crippen LogP contribution in [0.4, 0.5) is 4.79 Å². The number of imide groups is 1. The summed E-state index contributed by atoms with van der Waals surface area (Å²) in [4.78, 5) is 27.9. The van der Waals surface area contributed by atoms with E-state index < -0.39 is 12.1 Å². The van der Waals surface area contributed by atoms with Gasteiger partial charge < -0.3 is 19.9 Å². The SMILES string of the molecule is COc1ccc(OC)c2c1CN(CN1C(=O)N[C@@H](CC(C)C)C1=O)C[C@H]2O. The molecular weight excluding hydrogens is 350 g/mol. The summed E-state index contributed by atoms with van der Waals surface area (Å²) in [5.74, 6) is 1.33. The average Bonchev–Trinajstić information content (AvgIpc) is 2.87. The second kappa shape index (κ2) is 7.74. The van der Waals surface area contributed by atoms with Crippen LogP contribution in [0, 0.1) is 5.92 Å². The highest BCUT2D eigenvalue weighted by molar-refractivity contribution is 6.04. The molecule has 148 valence electrons. The molecule has 1 fully saturated rings. The number of methoxy groups -OCH3 is 2. The number of amides is 3. The molecular formula is C19H27N3O5. The van der Waals surface area contributed by atoms with Gasteiger partial charge in [-0.15, -0.1) is 0 Å². The second-order valence-corrected chi connectivity index (χ2v) is 7.43. The summed E-state index contributed by atoms with van der Waals surface area (Å²) in [5.41, 5.74) is 1.50. The smallest absolute Gasteiger partial charge is 0.325 e. The number of hydrogen-bond acceptors (Lipinski definition) is 6. The van der Waals surface area contributed by atoms with Crippen LogP contribution in [0.3, 0.4) is 0 Å². The van der Waals surface area contributed by atoms with E-state index in [0.29, 0.717) is 42.5 Å². The van der Waals surface area contributed by atoms with Crippen molar-refractivity contribution < 1.29 is 24.2 Å². The molecule has 3 rings (SSSR count). The number of carbonyl (C=O) groups is 2. The van der Waals surface area contributed by atoms with E-state index in [2.05, 4.69) is 5.32 Å². The molecule has 0 aliphatic carbocycles. The van der Waals surface area contributed by atoms with E-state index in [1.165, 1.54) is 4.90 Å². The second-order valence-electron chi connectivity index (χ2n) is 7.43. The number of ether oxygens (including phenoxy) is 2. The Hall–Kier alpha value is -2.32. The first-order valence-electron chi connectivity index (χ1n) is 9.11. The van der Waals surface area contributed by atoms with Crippen LogP contribution in [0.15, 0.2) is 12.1 Å². The molecule has 2 N–H and O–H groups in total. The molecule has 0 aromatic heterocycles. The van der Waals surface area contributed by atoms with Gasteiger partial charge in [-0.2, -0.15) is 0 Å². The maximum Gasteiger partial charge on any atom is 0.325 e. The minimum absolute atomic E-state index is 0.121. The summed E-state index contributed by atoms with van der Waals surface area (Å²) in [6.07, 6.45) is -0.191. The summed E-state index contributed by atoms with van der Waals surface area (Å²) >= 11 is 0. The number of hydrogen-bond donors (Lipinski definition) is 2. The largest absolute Gasteiger partial charge is 0.496 e. The zero-order valence-corrected chi connectivity index (χ0v) is 16.2. The fraction of sp³-hybridized carbons (Fsp3) is 0.579. The van der Waals surface area contributed by atoms with Gasteiger partial charge in [0.15, 0.2) is 0 Å². The molecule has 2 aliphatic heterocycles. The van der Waals surface area contributed by atoms with Crippen LogP contribution in [0.1, 0.15) is 37.5 Å². The van der Waals surface area contributed by atoms with E-state index >= 15 is 0 Å². The Kier molecular flexibility index (Phi) is 5.57. The van der Waals surface area contributed by atoms with Gasteiger partial charge in [-0.3, -0.25) is 9.69 Å². The molecule has 8 nitrogen and oxygen atoms in total. The van der Waals surface area contributed by atoms with Gasteiger partial charge in [0.1, 0.15) is 17.5 Å². The van der Waals surface area contributed by atoms with E-state index in [1.807, 2.05) is 18.7 Å². The maximum absolute atomic E-state index is 12.6. The Bertz CT molecular complexity index is 736. The molecule has 1 aromatic carbocycles. The third kappa shape index (κ3) is 3.72. The molecule has 1 aromatic rings. The zero-order chi connectivity index (χ0) is 19.7. The van der Waals surface area contributed by atoms with Crippen molar-refractivity contribution in [1.29, 1.82) is 0 Å². The molecule has 0 spiro atoms. The van der Waals surface area contributed by atoms with Crippen LogP contribution in [-0.4, -0.2) is 60.3 Å². The number of carbonyl (C=O) groups excluding carboxylic acids is 2. The molecule has 2 aliphatic rings. The van der Waals surface area contributed by atoms with E-state index in [-0.39, 0.29) is 18.6 Å². The van der Waals surface area contributed by atoms with Gasteiger partial charge in [0.05, 0.1) is 27.0 Å². The lowest BCUT2D eigenvalue weighted by molar-refractivity contribution is -0.129. The van der Waals surface area contributed by atoms with E-state index in [4.69, 9.17) is 9.47 Å². The third-order valence-electron chi connectivity index (χ3n) is 5.02. The van der Waals surface area contributed by atoms with Gasteiger partial charge in [-0.1, -0.05) is 13.8 Å². The number of β-amino-alcohol motifs (C(OH)–C–C–N with tert-alkyl or cyclic N) is 1. The molecule has 2 atom stereocenters. The van der Waals surface area contributed by atoms with Gasteiger partial charge in [0.2, 0.25) is 0 Å². The Balaban J connectivity index is 1.79. The van der Waals surface area contributed by atoms with Gasteiger partial charge in [0.25, 0.3) is 5.91 Å². The summed E-state index contributed by atoms with van der Waals surface area (Å²) in [6.45, 7) is 4.89. The first-order chi connectivity index (χ1) is 12.8. The predicted octanol–water partition coefficient (Wildman–Crippen LogP) is 1.48. The highest BCUT2D eigenvalue weighted by Crippen LogP contribution is 2.39. The molecule has 27 heavy (non-hydrogen) atoms. The quantitative estimate of drug-likeness (QED) is 0.730. The normalized spacial score (nSPS) is 22.8. The number of fused-ring (bicyclic) bond motifs is 1. The van der Waals surface area contributed by atoms with Gasteiger partial charge in [-0.25, -0.2) is 9.69 Å². The van der Waals surface area contributed by atoms with Crippen LogP contribution in [-0.2, 0) is 11.3 Å². The van der Waals surface area contributed by atoms with Gasteiger partial charge in [-0.05, 0) is 24.5 Å². The standard InChI is InChI=1S/C19H27N3O5/c1-11(2)7-13-18(24)22(19(25)20-13)10-21-8-12-15(26-3)5-6-16(27-4)17(12)14(23)9-21/h5-6,11,13-14,23H,7-10H2,1-4H3,(H,20,25)/t13-,14+/m0/s1. The topological polar surface area (TPSA) is 91.3 Å². The lowest BCUT2D eigenvalue weighted by atomic mass is 9.95. The van der Waals surface area contributed by atoms with Gasteiger partial charge in [0, 0.05) is 24.2 Å². The highest BCUT2D eigenvalue weighted by atomic mass is 16.5. The van der Waals surface area contributed by atoms with Crippen molar-refractivity contribution in [2.75, 3.05) is 27.4 Å². The Morgan fingerprint density at radius 1 is 1.22 bits per heavy atom. The van der Waals surface area contributed by atoms with Crippen molar-refractivity contribution in [2.24, 2.45) is 5.92 Å². The third-order valence-corrected chi connectivity index (χ3v) is 5.02. The molecule has 8 heteroatoms. The first kappa shape index (κ1) is 19.4. The van der Waals surface area contributed by atoms with Crippen LogP contribution < -0.4 is 14.8 Å². The van der Waals surface area contributed by atoms with Crippen molar-refractivity contribution in [3.8, 4) is 11.5 Å². The summed E-state index contributed by atoms with van der Waals surface area (Å²) < 4.78 is 10.8. The highest BCUT2D eigenvalue weighted by Gasteiger charge is 2.40. The average molecular weight is 377 g/mol. The fourth-order valence-electron chi connectivity index (χ4n) is 3.79. The lowest BCUT2D eigenvalue weighted by Gasteiger charge is -2.35. The first-order valence-corrected chi connectivity index (χ1v) is 9.11. The van der Waals surface area contributed by atoms with E-state index in [1.54, 1.807) is 26.4 Å². The number of urea groups is 1. The fourth-order valence-corrected chi connectivity index (χ4v) is 3.79. The Morgan fingerprint density at radius 3 is 2.52 bits per heavy atom. The van der Waals surface area contributed by atoms with Crippen LogP contribution in [0.2, 0.25) is 0 Å². The molecule has 3 amide bonds. The van der Waals surface area contributed by atoms with Crippen LogP contribution >= 0.6 is 0 Å². The molecule has 0 radical (unpaired) electrons. The number of nitrogens with one attached hydrogen (secondary N) is 1. The molecule has 1 saturated heterocycles. The van der Waals surface area contributed by atoms with E-state index in [9.17, 15) is 14.7 Å². The lowest BCUT2D eigenvalue weighted by Crippen LogP contribution is -2.45. The maximum atomic E-state index is 12.6. The minimum atomic E-state index is -0.800. The molecule has 2 heterocycles. The van der Waals surface area contributed by atoms with Crippen molar-refractivity contribution in [2.45, 2.75) is 39.0 Å². The number of nitrogens with zero attached hydrogens (tertiary/aromatic N) is 2. The Morgan fingerprint density at radius 2 is 1.89 bits per heavy atom. The van der Waals surface area contributed by atoms with Crippen molar-refractivity contribution in [1.82, 2.24) is 15.1 Å². The van der Waals surface area contributed by atoms with Crippen molar-refractivity contribution >= 4 is 11.9 Å². The number of aliphatic hydroxyl groups excluding tert-OH is 1. The Labute approximate surface area is 159 Å². The van der Waals surface area contributed by atoms with Crippen LogP contribution in [0.25, 0.3) is 0 Å². The number of aliphatic hydroxyl groups is 1. The number of rotatable bonds is 6.